The summed E-state index contributed by atoms with van der Waals surface area (Å²) in [5.74, 6) is -0.508. The normalized spacial score (nSPS) is 11.7. The van der Waals surface area contributed by atoms with Crippen LogP contribution in [0.5, 0.6) is 11.5 Å². The molecule has 0 fully saturated rings. The Morgan fingerprint density at radius 3 is 2.61 bits per heavy atom. The van der Waals surface area contributed by atoms with Crippen LogP contribution < -0.4 is 4.74 Å². The van der Waals surface area contributed by atoms with Crippen LogP contribution in [0.15, 0.2) is 12.1 Å². The summed E-state index contributed by atoms with van der Waals surface area (Å²) in [6.45, 7) is 1.84. The van der Waals surface area contributed by atoms with Crippen molar-refractivity contribution >= 4 is 12.3 Å². The maximum atomic E-state index is 11.5. The molecule has 0 heterocycles. The van der Waals surface area contributed by atoms with Crippen molar-refractivity contribution in [2.45, 2.75) is 19.3 Å². The number of esters is 1. The summed E-state index contributed by atoms with van der Waals surface area (Å²) < 4.78 is 9.71. The van der Waals surface area contributed by atoms with Gasteiger partial charge in [-0.25, -0.2) is 4.79 Å². The lowest BCUT2D eigenvalue weighted by Crippen LogP contribution is -2.06. The SMILES string of the molecule is COC(=O)c1cc(C(C)CC=O)c(OC)cc1O. The fraction of sp³-hybridized carbons (Fsp3) is 0.385. The molecule has 0 amide bonds. The molecule has 98 valence electrons. The Morgan fingerprint density at radius 1 is 1.44 bits per heavy atom. The molecule has 0 radical (unpaired) electrons. The average Bonchev–Trinajstić information content (AvgIpc) is 2.37. The second-order valence-corrected chi connectivity index (χ2v) is 3.91. The van der Waals surface area contributed by atoms with Gasteiger partial charge in [0.25, 0.3) is 0 Å². The largest absolute Gasteiger partial charge is 0.507 e. The molecule has 1 rings (SSSR count). The highest BCUT2D eigenvalue weighted by Crippen LogP contribution is 2.34. The first-order chi connectivity index (χ1) is 8.54. The minimum atomic E-state index is -0.630. The molecule has 0 aliphatic rings. The molecular weight excluding hydrogens is 236 g/mol. The number of benzene rings is 1. The first-order valence-corrected chi connectivity index (χ1v) is 5.48. The number of carbonyl (C=O) groups excluding carboxylic acids is 2. The number of aldehydes is 1. The molecule has 0 saturated carbocycles. The van der Waals surface area contributed by atoms with Gasteiger partial charge in [-0.15, -0.1) is 0 Å². The summed E-state index contributed by atoms with van der Waals surface area (Å²) in [5, 5.41) is 9.71. The molecule has 1 atom stereocenters. The number of ether oxygens (including phenoxy) is 2. The summed E-state index contributed by atoms with van der Waals surface area (Å²) in [6, 6.07) is 2.84. The fourth-order valence-corrected chi connectivity index (χ4v) is 1.69. The maximum absolute atomic E-state index is 11.5. The molecular formula is C13H16O5. The van der Waals surface area contributed by atoms with E-state index in [0.29, 0.717) is 17.7 Å². The van der Waals surface area contributed by atoms with Crippen LogP contribution in [-0.4, -0.2) is 31.6 Å². The van der Waals surface area contributed by atoms with Crippen molar-refractivity contribution in [3.8, 4) is 11.5 Å². The van der Waals surface area contributed by atoms with Gasteiger partial charge in [-0.05, 0) is 17.5 Å². The maximum Gasteiger partial charge on any atom is 0.341 e. The van der Waals surface area contributed by atoms with Crippen molar-refractivity contribution in [1.29, 1.82) is 0 Å². The standard InChI is InChI=1S/C13H16O5/c1-8(4-5-14)9-6-10(13(16)18-3)11(15)7-12(9)17-2/h5-8,15H,4H2,1-3H3. The van der Waals surface area contributed by atoms with Crippen molar-refractivity contribution in [1.82, 2.24) is 0 Å². The summed E-state index contributed by atoms with van der Waals surface area (Å²) in [6.07, 6.45) is 1.11. The third-order valence-electron chi connectivity index (χ3n) is 2.73. The van der Waals surface area contributed by atoms with Gasteiger partial charge >= 0.3 is 5.97 Å². The highest BCUT2D eigenvalue weighted by atomic mass is 16.5. The van der Waals surface area contributed by atoms with E-state index in [2.05, 4.69) is 4.74 Å². The molecule has 5 nitrogen and oxygen atoms in total. The lowest BCUT2D eigenvalue weighted by Gasteiger charge is -2.15. The molecule has 1 aromatic rings. The van der Waals surface area contributed by atoms with Crippen LogP contribution >= 0.6 is 0 Å². The Bertz CT molecular complexity index is 453. The summed E-state index contributed by atoms with van der Waals surface area (Å²) in [7, 11) is 2.70. The number of phenolic OH excluding ortho intramolecular Hbond substituents is 1. The first-order valence-electron chi connectivity index (χ1n) is 5.48. The molecule has 0 bridgehead atoms. The molecule has 0 saturated heterocycles. The molecule has 1 unspecified atom stereocenters. The fourth-order valence-electron chi connectivity index (χ4n) is 1.69. The van der Waals surface area contributed by atoms with Crippen LogP contribution in [0.2, 0.25) is 0 Å². The van der Waals surface area contributed by atoms with E-state index in [1.54, 1.807) is 0 Å². The summed E-state index contributed by atoms with van der Waals surface area (Å²) >= 11 is 0. The molecule has 0 aromatic heterocycles. The van der Waals surface area contributed by atoms with Crippen LogP contribution in [0.3, 0.4) is 0 Å². The van der Waals surface area contributed by atoms with Crippen LogP contribution in [0.4, 0.5) is 0 Å². The van der Waals surface area contributed by atoms with Crippen LogP contribution in [0.25, 0.3) is 0 Å². The molecule has 18 heavy (non-hydrogen) atoms. The van der Waals surface area contributed by atoms with Crippen molar-refractivity contribution in [2.24, 2.45) is 0 Å². The van der Waals surface area contributed by atoms with Crippen molar-refractivity contribution < 1.29 is 24.2 Å². The van der Waals surface area contributed by atoms with Crippen molar-refractivity contribution in [3.05, 3.63) is 23.3 Å². The Balaban J connectivity index is 3.29. The first kappa shape index (κ1) is 14.0. The number of rotatable bonds is 5. The van der Waals surface area contributed by atoms with E-state index in [0.717, 1.165) is 6.29 Å². The van der Waals surface area contributed by atoms with Gasteiger partial charge in [-0.3, -0.25) is 0 Å². The zero-order chi connectivity index (χ0) is 13.7. The zero-order valence-corrected chi connectivity index (χ0v) is 10.6. The molecule has 1 aromatic carbocycles. The predicted octanol–water partition coefficient (Wildman–Crippen LogP) is 1.88. The molecule has 0 aliphatic carbocycles. The number of hydrogen-bond donors (Lipinski definition) is 1. The topological polar surface area (TPSA) is 72.8 Å². The van der Waals surface area contributed by atoms with Gasteiger partial charge in [-0.1, -0.05) is 6.92 Å². The average molecular weight is 252 g/mol. The second kappa shape index (κ2) is 6.05. The number of carbonyl (C=O) groups is 2. The van der Waals surface area contributed by atoms with E-state index in [-0.39, 0.29) is 17.2 Å². The van der Waals surface area contributed by atoms with Gasteiger partial charge in [0.15, 0.2) is 0 Å². The predicted molar refractivity (Wildman–Crippen MR) is 65.1 cm³/mol. The van der Waals surface area contributed by atoms with E-state index in [1.165, 1.54) is 26.4 Å². The third kappa shape index (κ3) is 2.80. The van der Waals surface area contributed by atoms with E-state index < -0.39 is 5.97 Å². The Labute approximate surface area is 105 Å². The second-order valence-electron chi connectivity index (χ2n) is 3.91. The third-order valence-corrected chi connectivity index (χ3v) is 2.73. The van der Waals surface area contributed by atoms with E-state index in [1.807, 2.05) is 6.92 Å². The van der Waals surface area contributed by atoms with E-state index in [9.17, 15) is 14.7 Å². The Hall–Kier alpha value is -2.04. The van der Waals surface area contributed by atoms with Crippen molar-refractivity contribution in [2.75, 3.05) is 14.2 Å². The highest BCUT2D eigenvalue weighted by Gasteiger charge is 2.19. The Morgan fingerprint density at radius 2 is 2.11 bits per heavy atom. The quantitative estimate of drug-likeness (QED) is 0.639. The van der Waals surface area contributed by atoms with Gasteiger partial charge in [0.05, 0.1) is 14.2 Å². The summed E-state index contributed by atoms with van der Waals surface area (Å²) in [4.78, 5) is 22.0. The van der Waals surface area contributed by atoms with Crippen LogP contribution in [0, 0.1) is 0 Å². The van der Waals surface area contributed by atoms with Gasteiger partial charge in [0.1, 0.15) is 23.3 Å². The van der Waals surface area contributed by atoms with Crippen LogP contribution in [-0.2, 0) is 9.53 Å². The number of methoxy groups -OCH3 is 2. The minimum Gasteiger partial charge on any atom is -0.507 e. The summed E-state index contributed by atoms with van der Waals surface area (Å²) in [5.41, 5.74) is 0.744. The molecule has 0 spiro atoms. The van der Waals surface area contributed by atoms with Gasteiger partial charge in [0, 0.05) is 12.5 Å². The van der Waals surface area contributed by atoms with E-state index in [4.69, 9.17) is 4.74 Å². The van der Waals surface area contributed by atoms with Crippen LogP contribution in [0.1, 0.15) is 35.2 Å². The number of hydrogen-bond acceptors (Lipinski definition) is 5. The smallest absolute Gasteiger partial charge is 0.341 e. The van der Waals surface area contributed by atoms with Crippen molar-refractivity contribution in [3.63, 3.8) is 0 Å². The van der Waals surface area contributed by atoms with E-state index >= 15 is 0 Å². The number of phenols is 1. The van der Waals surface area contributed by atoms with Gasteiger partial charge in [-0.2, -0.15) is 0 Å². The molecule has 5 heteroatoms. The highest BCUT2D eigenvalue weighted by molar-refractivity contribution is 5.93. The molecule has 0 aliphatic heterocycles. The number of aromatic hydroxyl groups is 1. The Kier molecular flexibility index (Phi) is 4.71. The zero-order valence-electron chi connectivity index (χ0n) is 10.6. The lowest BCUT2D eigenvalue weighted by atomic mass is 9.95. The lowest BCUT2D eigenvalue weighted by molar-refractivity contribution is -0.108. The van der Waals surface area contributed by atoms with Gasteiger partial charge in [0.2, 0.25) is 0 Å². The van der Waals surface area contributed by atoms with Gasteiger partial charge < -0.3 is 19.4 Å². The molecule has 1 N–H and O–H groups in total. The monoisotopic (exact) mass is 252 g/mol. The minimum absolute atomic E-state index is 0.0612.